The van der Waals surface area contributed by atoms with Crippen LogP contribution in [0.2, 0.25) is 0 Å². The number of nitrogens with zero attached hydrogens (tertiary/aromatic N) is 2. The van der Waals surface area contributed by atoms with Crippen LogP contribution in [0.4, 0.5) is 0 Å². The summed E-state index contributed by atoms with van der Waals surface area (Å²) in [4.78, 5) is 2.24. The average molecular weight is 592 g/mol. The van der Waals surface area contributed by atoms with Gasteiger partial charge >= 0.3 is 0 Å². The van der Waals surface area contributed by atoms with Crippen molar-refractivity contribution >= 4 is 52.8 Å². The van der Waals surface area contributed by atoms with Crippen molar-refractivity contribution in [3.05, 3.63) is 81.2 Å². The maximum atomic E-state index is 14.1. The summed E-state index contributed by atoms with van der Waals surface area (Å²) in [6.45, 7) is 3.04. The van der Waals surface area contributed by atoms with Crippen LogP contribution < -0.4 is 4.74 Å². The molecule has 1 heterocycles. The van der Waals surface area contributed by atoms with Gasteiger partial charge in [-0.05, 0) is 61.2 Å². The van der Waals surface area contributed by atoms with E-state index in [0.29, 0.717) is 40.0 Å². The summed E-state index contributed by atoms with van der Waals surface area (Å²) in [6, 6.07) is 20.1. The molecule has 1 aromatic heterocycles. The smallest absolute Gasteiger partial charge is 0.268 e. The molecule has 0 atom stereocenters. The van der Waals surface area contributed by atoms with Crippen molar-refractivity contribution in [3.8, 4) is 17.0 Å². The predicted octanol–water partition coefficient (Wildman–Crippen LogP) is 6.32. The Morgan fingerprint density at radius 1 is 0.970 bits per heavy atom. The van der Waals surface area contributed by atoms with Gasteiger partial charge in [0.1, 0.15) is 12.3 Å². The molecule has 0 unspecified atom stereocenters. The van der Waals surface area contributed by atoms with Crippen molar-refractivity contribution in [1.82, 2.24) is 8.87 Å². The quantitative estimate of drug-likeness (QED) is 0.252. The third-order valence-corrected chi connectivity index (χ3v) is 8.06. The van der Waals surface area contributed by atoms with Crippen molar-refractivity contribution in [3.63, 3.8) is 0 Å². The van der Waals surface area contributed by atoms with Gasteiger partial charge in [0.25, 0.3) is 10.0 Å². The highest BCUT2D eigenvalue weighted by atomic mass is 79.9. The van der Waals surface area contributed by atoms with E-state index in [-0.39, 0.29) is 4.90 Å². The molecule has 33 heavy (non-hydrogen) atoms. The van der Waals surface area contributed by atoms with Crippen LogP contribution in [-0.2, 0) is 10.0 Å². The number of ether oxygens (including phenoxy) is 1. The third-order valence-electron chi connectivity index (χ3n) is 5.29. The fraction of sp³-hybridized carbons (Fsp3) is 0.200. The second-order valence-corrected chi connectivity index (χ2v) is 11.6. The highest BCUT2D eigenvalue weighted by Gasteiger charge is 2.30. The normalized spacial score (nSPS) is 11.9. The molecule has 0 spiro atoms. The second kappa shape index (κ2) is 9.62. The molecule has 0 aliphatic heterocycles. The van der Waals surface area contributed by atoms with Crippen molar-refractivity contribution in [2.45, 2.75) is 11.8 Å². The van der Waals surface area contributed by atoms with Crippen LogP contribution in [0.5, 0.6) is 5.75 Å². The van der Waals surface area contributed by atoms with Crippen LogP contribution in [0.25, 0.3) is 22.2 Å². The summed E-state index contributed by atoms with van der Waals surface area (Å²) in [5.41, 5.74) is 2.79. The zero-order valence-corrected chi connectivity index (χ0v) is 22.5. The zero-order valence-electron chi connectivity index (χ0n) is 18.5. The minimum absolute atomic E-state index is 0.219. The molecule has 0 amide bonds. The molecule has 5 nitrogen and oxygen atoms in total. The van der Waals surface area contributed by atoms with Crippen molar-refractivity contribution in [2.24, 2.45) is 0 Å². The number of halogens is 2. The van der Waals surface area contributed by atoms with E-state index < -0.39 is 10.0 Å². The number of aryl methyl sites for hydroxylation is 1. The molecule has 0 aliphatic carbocycles. The van der Waals surface area contributed by atoms with Crippen molar-refractivity contribution in [2.75, 3.05) is 27.2 Å². The number of rotatable bonds is 7. The van der Waals surface area contributed by atoms with E-state index in [9.17, 15) is 8.42 Å². The molecule has 0 bridgehead atoms. The first-order chi connectivity index (χ1) is 15.7. The second-order valence-electron chi connectivity index (χ2n) is 8.06. The summed E-state index contributed by atoms with van der Waals surface area (Å²) in [5.74, 6) is 0.538. The number of benzene rings is 3. The standard InChI is InChI=1S/C25H24Br2N2O3S/c1-17-9-11-20(12-10-17)33(30,31)29-23(18-7-5-4-6-8-18)25(32-14-13-28(2)3)21-15-19(26)16-22(27)24(21)29/h4-12,15-16H,13-14H2,1-3H3. The van der Waals surface area contributed by atoms with Gasteiger partial charge in [-0.1, -0.05) is 64.0 Å². The molecule has 0 saturated heterocycles. The number of fused-ring (bicyclic) bond motifs is 1. The molecule has 0 N–H and O–H groups in total. The van der Waals surface area contributed by atoms with Crippen LogP contribution in [0, 0.1) is 6.92 Å². The Labute approximate surface area is 211 Å². The lowest BCUT2D eigenvalue weighted by Crippen LogP contribution is -2.19. The molecule has 0 fully saturated rings. The molecule has 8 heteroatoms. The van der Waals surface area contributed by atoms with Gasteiger partial charge in [-0.2, -0.15) is 0 Å². The Morgan fingerprint density at radius 2 is 1.64 bits per heavy atom. The van der Waals surface area contributed by atoms with Gasteiger partial charge < -0.3 is 9.64 Å². The number of hydrogen-bond donors (Lipinski definition) is 0. The molecular weight excluding hydrogens is 568 g/mol. The topological polar surface area (TPSA) is 51.5 Å². The first-order valence-corrected chi connectivity index (χ1v) is 13.4. The lowest BCUT2D eigenvalue weighted by molar-refractivity contribution is 0.264. The first kappa shape index (κ1) is 24.0. The number of aromatic nitrogens is 1. The molecule has 4 rings (SSSR count). The summed E-state index contributed by atoms with van der Waals surface area (Å²) >= 11 is 7.16. The molecule has 172 valence electrons. The summed E-state index contributed by atoms with van der Waals surface area (Å²) in [7, 11) is 0.00792. The Bertz CT molecular complexity index is 1400. The number of likely N-dealkylation sites (N-methyl/N-ethyl adjacent to an activating group) is 1. The predicted molar refractivity (Wildman–Crippen MR) is 141 cm³/mol. The van der Waals surface area contributed by atoms with Crippen molar-refractivity contribution in [1.29, 1.82) is 0 Å². The van der Waals surface area contributed by atoms with Gasteiger partial charge in [-0.25, -0.2) is 12.4 Å². The largest absolute Gasteiger partial charge is 0.489 e. The Balaban J connectivity index is 2.09. The van der Waals surface area contributed by atoms with E-state index in [4.69, 9.17) is 4.74 Å². The summed E-state index contributed by atoms with van der Waals surface area (Å²) in [5, 5.41) is 0.713. The van der Waals surface area contributed by atoms with Crippen LogP contribution in [0.15, 0.2) is 80.6 Å². The van der Waals surface area contributed by atoms with E-state index in [1.807, 2.05) is 68.4 Å². The Kier molecular flexibility index (Phi) is 7.00. The highest BCUT2D eigenvalue weighted by molar-refractivity contribution is 9.11. The van der Waals surface area contributed by atoms with Crippen LogP contribution in [0.3, 0.4) is 0 Å². The Morgan fingerprint density at radius 3 is 2.27 bits per heavy atom. The zero-order chi connectivity index (χ0) is 23.8. The van der Waals surface area contributed by atoms with Gasteiger partial charge in [0.15, 0.2) is 5.75 Å². The minimum Gasteiger partial charge on any atom is -0.489 e. The molecule has 0 radical (unpaired) electrons. The van der Waals surface area contributed by atoms with Gasteiger partial charge in [0.05, 0.1) is 10.4 Å². The maximum absolute atomic E-state index is 14.1. The van der Waals surface area contributed by atoms with E-state index in [1.54, 1.807) is 24.3 Å². The van der Waals surface area contributed by atoms with Gasteiger partial charge in [0, 0.05) is 26.4 Å². The third kappa shape index (κ3) is 4.75. The van der Waals surface area contributed by atoms with E-state index in [0.717, 1.165) is 15.6 Å². The van der Waals surface area contributed by atoms with Crippen LogP contribution >= 0.6 is 31.9 Å². The fourth-order valence-electron chi connectivity index (χ4n) is 3.65. The maximum Gasteiger partial charge on any atom is 0.268 e. The highest BCUT2D eigenvalue weighted by Crippen LogP contribution is 2.45. The molecule has 0 saturated carbocycles. The summed E-state index contributed by atoms with van der Waals surface area (Å²) in [6.07, 6.45) is 0. The van der Waals surface area contributed by atoms with E-state index >= 15 is 0 Å². The minimum atomic E-state index is -3.94. The number of hydrogen-bond acceptors (Lipinski definition) is 4. The first-order valence-electron chi connectivity index (χ1n) is 10.4. The van der Waals surface area contributed by atoms with Crippen molar-refractivity contribution < 1.29 is 13.2 Å². The van der Waals surface area contributed by atoms with Gasteiger partial charge in [-0.3, -0.25) is 0 Å². The fourth-order valence-corrected chi connectivity index (χ4v) is 6.73. The van der Waals surface area contributed by atoms with E-state index in [2.05, 4.69) is 31.9 Å². The van der Waals surface area contributed by atoms with Crippen LogP contribution in [-0.4, -0.2) is 44.5 Å². The lowest BCUT2D eigenvalue weighted by Gasteiger charge is -2.15. The molecular formula is C25H24Br2N2O3S. The van der Waals surface area contributed by atoms with E-state index in [1.165, 1.54) is 3.97 Å². The van der Waals surface area contributed by atoms with Crippen LogP contribution in [0.1, 0.15) is 5.56 Å². The molecule has 3 aromatic carbocycles. The molecule has 4 aromatic rings. The van der Waals surface area contributed by atoms with Gasteiger partial charge in [0.2, 0.25) is 0 Å². The molecule has 0 aliphatic rings. The monoisotopic (exact) mass is 590 g/mol. The Hall–Kier alpha value is -2.13. The van der Waals surface area contributed by atoms with Gasteiger partial charge in [-0.15, -0.1) is 0 Å². The average Bonchev–Trinajstić information content (AvgIpc) is 3.10. The SMILES string of the molecule is Cc1ccc(S(=O)(=O)n2c(-c3ccccc3)c(OCCN(C)C)c3cc(Br)cc(Br)c32)cc1. The summed E-state index contributed by atoms with van der Waals surface area (Å²) < 4.78 is 37.3. The lowest BCUT2D eigenvalue weighted by atomic mass is 10.1.